The van der Waals surface area contributed by atoms with Crippen LogP contribution in [0.15, 0.2) is 91.0 Å². The van der Waals surface area contributed by atoms with E-state index in [4.69, 9.17) is 42.6 Å². The van der Waals surface area contributed by atoms with Crippen molar-refractivity contribution in [3.8, 4) is 0 Å². The molecule has 0 radical (unpaired) electrons. The molecule has 2 fully saturated rings. The van der Waals surface area contributed by atoms with Crippen LogP contribution in [-0.4, -0.2) is 95.0 Å². The first-order valence-electron chi connectivity index (χ1n) is 15.7. The van der Waals surface area contributed by atoms with Crippen LogP contribution in [0.5, 0.6) is 0 Å². The molecule has 2 saturated heterocycles. The van der Waals surface area contributed by atoms with Crippen molar-refractivity contribution in [3.05, 3.63) is 108 Å². The summed E-state index contributed by atoms with van der Waals surface area (Å²) in [6.07, 6.45) is -5.20. The minimum Gasteiger partial charge on any atom is -0.376 e. The molecule has 3 aromatic rings. The highest BCUT2D eigenvalue weighted by molar-refractivity contribution is 5.15. The molecular formula is C36H46O10. The van der Waals surface area contributed by atoms with Crippen molar-refractivity contribution in [1.29, 1.82) is 0 Å². The number of hydrogen-bond donors (Lipinski definition) is 1. The molecule has 0 aliphatic carbocycles. The Hall–Kier alpha value is -2.74. The Morgan fingerprint density at radius 2 is 1.09 bits per heavy atom. The zero-order valence-corrected chi connectivity index (χ0v) is 26.7. The monoisotopic (exact) mass is 638 g/mol. The Morgan fingerprint density at radius 1 is 0.565 bits per heavy atom. The van der Waals surface area contributed by atoms with Crippen LogP contribution in [-0.2, 0) is 62.5 Å². The normalized spacial score (nSPS) is 29.9. The second-order valence-corrected chi connectivity index (χ2v) is 11.4. The largest absolute Gasteiger partial charge is 0.376 e. The summed E-state index contributed by atoms with van der Waals surface area (Å²) in [4.78, 5) is 0. The Kier molecular flexibility index (Phi) is 13.5. The molecule has 0 unspecified atom stereocenters. The first-order valence-corrected chi connectivity index (χ1v) is 15.7. The minimum atomic E-state index is -1.21. The quantitative estimate of drug-likeness (QED) is 0.245. The first-order chi connectivity index (χ1) is 22.6. The number of rotatable bonds is 16. The predicted molar refractivity (Wildman–Crippen MR) is 169 cm³/mol. The summed E-state index contributed by atoms with van der Waals surface area (Å²) in [6.45, 7) is 1.56. The van der Waals surface area contributed by atoms with Crippen molar-refractivity contribution in [2.75, 3.05) is 34.5 Å². The van der Waals surface area contributed by atoms with Gasteiger partial charge in [-0.3, -0.25) is 0 Å². The van der Waals surface area contributed by atoms with Crippen LogP contribution in [0.4, 0.5) is 0 Å². The average Bonchev–Trinajstić information content (AvgIpc) is 3.10. The van der Waals surface area contributed by atoms with Gasteiger partial charge in [0.1, 0.15) is 36.6 Å². The maximum absolute atomic E-state index is 10.6. The fourth-order valence-electron chi connectivity index (χ4n) is 5.96. The number of methoxy groups -OCH3 is 3. The fraction of sp³-hybridized carbons (Fsp3) is 0.500. The Morgan fingerprint density at radius 3 is 1.65 bits per heavy atom. The van der Waals surface area contributed by atoms with Crippen molar-refractivity contribution in [3.63, 3.8) is 0 Å². The van der Waals surface area contributed by atoms with Crippen LogP contribution < -0.4 is 0 Å². The van der Waals surface area contributed by atoms with E-state index in [-0.39, 0.29) is 19.3 Å². The molecule has 2 aliphatic rings. The number of aliphatic hydroxyl groups excluding tert-OH is 1. The highest BCUT2D eigenvalue weighted by Crippen LogP contribution is 2.31. The van der Waals surface area contributed by atoms with Gasteiger partial charge in [0, 0.05) is 27.8 Å². The molecule has 250 valence electrons. The SMILES string of the molecule is CO[C@@H]1[C@@H](OC)[C@@H](O)O[C@H](CO[C@@H]2C[C@@H](OCc3ccccc3)[C@@H](OCc3ccccc3)[C@@H](COCc3ccccc3)O2)[C@H]1OC. The first kappa shape index (κ1) is 34.6. The van der Waals surface area contributed by atoms with Gasteiger partial charge < -0.3 is 47.7 Å². The van der Waals surface area contributed by atoms with Crippen LogP contribution >= 0.6 is 0 Å². The maximum Gasteiger partial charge on any atom is 0.184 e. The van der Waals surface area contributed by atoms with Crippen LogP contribution in [0.1, 0.15) is 23.1 Å². The van der Waals surface area contributed by atoms with Crippen molar-refractivity contribution in [2.24, 2.45) is 0 Å². The van der Waals surface area contributed by atoms with Crippen LogP contribution in [0.2, 0.25) is 0 Å². The van der Waals surface area contributed by atoms with Gasteiger partial charge in [0.15, 0.2) is 12.6 Å². The van der Waals surface area contributed by atoms with Gasteiger partial charge in [0.05, 0.1) is 39.1 Å². The second-order valence-electron chi connectivity index (χ2n) is 11.4. The molecule has 0 spiro atoms. The van der Waals surface area contributed by atoms with Crippen LogP contribution in [0.25, 0.3) is 0 Å². The van der Waals surface area contributed by atoms with E-state index in [0.717, 1.165) is 16.7 Å². The minimum absolute atomic E-state index is 0.0784. The molecule has 2 aliphatic heterocycles. The standard InChI is InChI=1S/C36H46O10/c1-38-33-30(46-36(37)35(40-3)34(33)39-2)24-43-31-19-28(42-21-26-15-9-5-10-16-26)32(44-22-27-17-11-6-12-18-27)29(45-31)23-41-20-25-13-7-4-8-14-25/h4-18,28-37H,19-24H2,1-3H3/t28-,29-,30-,31+,32-,33-,34+,35-,36+/m1/s1. The summed E-state index contributed by atoms with van der Waals surface area (Å²) in [5.74, 6) is 0. The average molecular weight is 639 g/mol. The van der Waals surface area contributed by atoms with E-state index in [1.54, 1.807) is 14.2 Å². The van der Waals surface area contributed by atoms with Gasteiger partial charge in [0.25, 0.3) is 0 Å². The summed E-state index contributed by atoms with van der Waals surface area (Å²) in [7, 11) is 4.61. The van der Waals surface area contributed by atoms with E-state index in [0.29, 0.717) is 26.2 Å². The van der Waals surface area contributed by atoms with E-state index in [1.165, 1.54) is 7.11 Å². The summed E-state index contributed by atoms with van der Waals surface area (Å²) in [5.41, 5.74) is 3.16. The van der Waals surface area contributed by atoms with Gasteiger partial charge in [-0.2, -0.15) is 0 Å². The smallest absolute Gasteiger partial charge is 0.184 e. The molecule has 9 atom stereocenters. The molecule has 46 heavy (non-hydrogen) atoms. The van der Waals surface area contributed by atoms with Gasteiger partial charge in [-0.05, 0) is 16.7 Å². The van der Waals surface area contributed by atoms with Gasteiger partial charge in [-0.25, -0.2) is 0 Å². The van der Waals surface area contributed by atoms with Gasteiger partial charge in [0.2, 0.25) is 0 Å². The molecule has 10 nitrogen and oxygen atoms in total. The summed E-state index contributed by atoms with van der Waals surface area (Å²) in [6, 6.07) is 30.0. The van der Waals surface area contributed by atoms with E-state index in [9.17, 15) is 5.11 Å². The highest BCUT2D eigenvalue weighted by Gasteiger charge is 2.47. The van der Waals surface area contributed by atoms with E-state index < -0.39 is 49.2 Å². The van der Waals surface area contributed by atoms with E-state index >= 15 is 0 Å². The maximum atomic E-state index is 10.6. The predicted octanol–water partition coefficient (Wildman–Crippen LogP) is 4.27. The molecule has 0 saturated carbocycles. The van der Waals surface area contributed by atoms with Crippen molar-refractivity contribution >= 4 is 0 Å². The molecule has 2 heterocycles. The second kappa shape index (κ2) is 18.0. The van der Waals surface area contributed by atoms with Crippen molar-refractivity contribution < 1.29 is 47.7 Å². The summed E-state index contributed by atoms with van der Waals surface area (Å²) in [5, 5.41) is 10.6. The zero-order chi connectivity index (χ0) is 32.1. The number of hydrogen-bond acceptors (Lipinski definition) is 10. The summed E-state index contributed by atoms with van der Waals surface area (Å²) >= 11 is 0. The number of benzene rings is 3. The molecule has 10 heteroatoms. The Balaban J connectivity index is 1.31. The highest BCUT2D eigenvalue weighted by atomic mass is 16.7. The van der Waals surface area contributed by atoms with Gasteiger partial charge in [-0.1, -0.05) is 91.0 Å². The Labute approximate surface area is 271 Å². The topological polar surface area (TPSA) is 103 Å². The fourth-order valence-corrected chi connectivity index (χ4v) is 5.96. The molecule has 3 aromatic carbocycles. The third-order valence-electron chi connectivity index (χ3n) is 8.34. The van der Waals surface area contributed by atoms with Crippen molar-refractivity contribution in [2.45, 2.75) is 81.5 Å². The van der Waals surface area contributed by atoms with E-state index in [2.05, 4.69) is 0 Å². The molecule has 0 bridgehead atoms. The number of ether oxygens (including phenoxy) is 9. The molecule has 5 rings (SSSR count). The zero-order valence-electron chi connectivity index (χ0n) is 26.7. The Bertz CT molecular complexity index is 1250. The lowest BCUT2D eigenvalue weighted by molar-refractivity contribution is -0.320. The van der Waals surface area contributed by atoms with Crippen molar-refractivity contribution in [1.82, 2.24) is 0 Å². The summed E-state index contributed by atoms with van der Waals surface area (Å²) < 4.78 is 54.7. The third-order valence-corrected chi connectivity index (χ3v) is 8.34. The lowest BCUT2D eigenvalue weighted by atomic mass is 9.98. The van der Waals surface area contributed by atoms with Crippen LogP contribution in [0, 0.1) is 0 Å². The molecule has 1 N–H and O–H groups in total. The number of aliphatic hydroxyl groups is 1. The lowest BCUT2D eigenvalue weighted by Gasteiger charge is -2.44. The van der Waals surface area contributed by atoms with Crippen LogP contribution in [0.3, 0.4) is 0 Å². The van der Waals surface area contributed by atoms with Gasteiger partial charge in [-0.15, -0.1) is 0 Å². The lowest BCUT2D eigenvalue weighted by Crippen LogP contribution is -2.61. The van der Waals surface area contributed by atoms with E-state index in [1.807, 2.05) is 91.0 Å². The third kappa shape index (κ3) is 9.42. The molecule has 0 amide bonds. The molecule has 0 aromatic heterocycles. The molecular weight excluding hydrogens is 592 g/mol. The van der Waals surface area contributed by atoms with Gasteiger partial charge >= 0.3 is 0 Å².